The van der Waals surface area contributed by atoms with Gasteiger partial charge >= 0.3 is 0 Å². The molecule has 9 rings (SSSR count). The molecule has 0 spiro atoms. The van der Waals surface area contributed by atoms with Crippen molar-refractivity contribution in [2.24, 2.45) is 0 Å². The van der Waals surface area contributed by atoms with Crippen molar-refractivity contribution in [3.63, 3.8) is 0 Å². The first-order chi connectivity index (χ1) is 28.6. The highest BCUT2D eigenvalue weighted by Crippen LogP contribution is 2.45. The molecule has 0 amide bonds. The van der Waals surface area contributed by atoms with Crippen LogP contribution in [0.4, 0.5) is 0 Å². The minimum absolute atomic E-state index is 0.00609. The van der Waals surface area contributed by atoms with E-state index in [4.69, 9.17) is 18.1 Å². The molecule has 1 heterocycles. The normalized spacial score (nSPS) is 16.2. The summed E-state index contributed by atoms with van der Waals surface area (Å²) in [5, 5.41) is 1.93. The molecule has 0 aliphatic rings. The summed E-state index contributed by atoms with van der Waals surface area (Å²) in [4.78, 5) is 0. The van der Waals surface area contributed by atoms with Gasteiger partial charge in [0.25, 0.3) is 0 Å². The van der Waals surface area contributed by atoms with Crippen molar-refractivity contribution in [2.75, 3.05) is 0 Å². The van der Waals surface area contributed by atoms with Crippen LogP contribution < -0.4 is 0 Å². The molecule has 1 heteroatoms. The van der Waals surface area contributed by atoms with Crippen molar-refractivity contribution in [2.45, 2.75) is 0 Å². The number of furan rings is 1. The van der Waals surface area contributed by atoms with Crippen LogP contribution in [0.25, 0.3) is 88.0 Å². The van der Waals surface area contributed by atoms with Gasteiger partial charge in [-0.05, 0) is 84.2 Å². The third-order valence-corrected chi connectivity index (χ3v) is 7.94. The lowest BCUT2D eigenvalue weighted by molar-refractivity contribution is 0.669. The van der Waals surface area contributed by atoms with E-state index < -0.39 is 77.6 Å². The average Bonchev–Trinajstić information content (AvgIpc) is 3.65. The smallest absolute Gasteiger partial charge is 0.136 e. The van der Waals surface area contributed by atoms with Crippen LogP contribution in [-0.4, -0.2) is 0 Å². The first-order valence-corrected chi connectivity index (χ1v) is 14.2. The van der Waals surface area contributed by atoms with Crippen LogP contribution in [0.1, 0.15) is 20.6 Å². The number of benzene rings is 8. The Hall–Kier alpha value is -5.92. The Bertz CT molecular complexity index is 3260. The van der Waals surface area contributed by atoms with Crippen LogP contribution in [0.15, 0.2) is 174 Å². The molecule has 0 aliphatic carbocycles. The Balaban J connectivity index is 1.39. The van der Waals surface area contributed by atoms with Gasteiger partial charge < -0.3 is 4.42 Å². The lowest BCUT2D eigenvalue weighted by atomic mass is 9.85. The van der Waals surface area contributed by atoms with Gasteiger partial charge in [-0.1, -0.05) is 151 Å². The Kier molecular flexibility index (Phi) is 3.39. The van der Waals surface area contributed by atoms with Crippen LogP contribution >= 0.6 is 0 Å². The molecule has 0 fully saturated rings. The van der Waals surface area contributed by atoms with Gasteiger partial charge in [0, 0.05) is 10.8 Å². The summed E-state index contributed by atoms with van der Waals surface area (Å²) in [6.07, 6.45) is 0. The molecule has 9 aromatic rings. The summed E-state index contributed by atoms with van der Waals surface area (Å²) in [5.74, 6) is 0. The molecule has 0 N–H and O–H groups in total. The van der Waals surface area contributed by atoms with E-state index in [1.165, 1.54) is 0 Å². The molecule has 210 valence electrons. The lowest BCUT2D eigenvalue weighted by Crippen LogP contribution is -1.91. The van der Waals surface area contributed by atoms with Crippen LogP contribution in [-0.2, 0) is 0 Å². The van der Waals surface area contributed by atoms with E-state index in [1.807, 2.05) is 0 Å². The van der Waals surface area contributed by atoms with Gasteiger partial charge in [-0.2, -0.15) is 0 Å². The van der Waals surface area contributed by atoms with E-state index in [9.17, 15) is 6.85 Å². The van der Waals surface area contributed by atoms with E-state index in [2.05, 4.69) is 0 Å². The maximum Gasteiger partial charge on any atom is 0.136 e. The highest BCUT2D eigenvalue weighted by atomic mass is 16.3. The number of rotatable bonds is 4. The van der Waals surface area contributed by atoms with E-state index in [0.717, 1.165) is 0 Å². The molecule has 0 aliphatic heterocycles. The van der Waals surface area contributed by atoms with Gasteiger partial charge in [0.2, 0.25) is 0 Å². The average molecular weight is 588 g/mol. The van der Waals surface area contributed by atoms with E-state index in [-0.39, 0.29) is 68.4 Å². The Morgan fingerprint density at radius 1 is 0.378 bits per heavy atom. The summed E-state index contributed by atoms with van der Waals surface area (Å²) >= 11 is 0. The molecule has 0 saturated carbocycles. The number of hydrogen-bond acceptors (Lipinski definition) is 1. The van der Waals surface area contributed by atoms with Crippen molar-refractivity contribution in [3.05, 3.63) is 169 Å². The molecule has 1 nitrogen and oxygen atoms in total. The van der Waals surface area contributed by atoms with Crippen molar-refractivity contribution >= 4 is 43.5 Å². The molecule has 0 saturated heterocycles. The van der Waals surface area contributed by atoms with E-state index >= 15 is 0 Å². The molecule has 0 radical (unpaired) electrons. The minimum atomic E-state index is -0.683. The highest BCUT2D eigenvalue weighted by Gasteiger charge is 2.18. The van der Waals surface area contributed by atoms with Crippen molar-refractivity contribution < 1.29 is 25.0 Å². The number of fused-ring (bicyclic) bond motifs is 5. The summed E-state index contributed by atoms with van der Waals surface area (Å²) in [7, 11) is 0. The summed E-state index contributed by atoms with van der Waals surface area (Å²) in [6.45, 7) is 0. The van der Waals surface area contributed by atoms with Crippen LogP contribution in [0.2, 0.25) is 0 Å². The predicted molar refractivity (Wildman–Crippen MR) is 190 cm³/mol. The SMILES string of the molecule is [2H]c1c([2H])c([2H])c(-c2c([2H])c([2H])c(-c3c4ccccc4c(-c4c([2H])c([2H])c5c(oc6c([2H])c([2H])c([2H])c(-c7ccccc7)c65)c4[2H])c4ccccc34)c([2H])c2[2H])c([2H])c1[2H]. The van der Waals surface area contributed by atoms with Crippen LogP contribution in [0, 0.1) is 0 Å². The summed E-state index contributed by atoms with van der Waals surface area (Å²) in [6, 6.07) is 14.8. The van der Waals surface area contributed by atoms with Gasteiger partial charge in [-0.15, -0.1) is 0 Å². The molecule has 1 aromatic heterocycles. The predicted octanol–water partition coefficient (Wildman–Crippen LogP) is 12.6. The second-order valence-corrected chi connectivity index (χ2v) is 10.5. The summed E-state index contributed by atoms with van der Waals surface area (Å²) in [5.41, 5.74) is 0.166. The zero-order chi connectivity index (χ0) is 42.8. The third kappa shape index (κ3) is 4.17. The van der Waals surface area contributed by atoms with Crippen molar-refractivity contribution in [1.82, 2.24) is 0 Å². The van der Waals surface area contributed by atoms with Gasteiger partial charge in [0.1, 0.15) is 11.2 Å². The van der Waals surface area contributed by atoms with E-state index in [0.29, 0.717) is 32.7 Å². The fourth-order valence-electron chi connectivity index (χ4n) is 6.00. The number of hydrogen-bond donors (Lipinski definition) is 0. The van der Waals surface area contributed by atoms with Gasteiger partial charge in [-0.25, -0.2) is 0 Å². The monoisotopic (exact) mass is 587 g/mol. The van der Waals surface area contributed by atoms with Gasteiger partial charge in [0.05, 0.1) is 20.6 Å². The van der Waals surface area contributed by atoms with Crippen molar-refractivity contribution in [1.29, 1.82) is 0 Å². The Morgan fingerprint density at radius 3 is 1.60 bits per heavy atom. The molecular weight excluding hydrogens is 544 g/mol. The topological polar surface area (TPSA) is 13.1 Å². The molecule has 8 aromatic carbocycles. The second-order valence-electron chi connectivity index (χ2n) is 10.5. The lowest BCUT2D eigenvalue weighted by Gasteiger charge is -2.18. The largest absolute Gasteiger partial charge is 0.456 e. The highest BCUT2D eigenvalue weighted by molar-refractivity contribution is 6.22. The fraction of sp³-hybridized carbons (Fsp3) is 0. The van der Waals surface area contributed by atoms with Gasteiger partial charge in [-0.3, -0.25) is 0 Å². The Labute approximate surface area is 282 Å². The minimum Gasteiger partial charge on any atom is -0.456 e. The third-order valence-electron chi connectivity index (χ3n) is 7.94. The molecule has 45 heavy (non-hydrogen) atoms. The Morgan fingerprint density at radius 2 is 0.933 bits per heavy atom. The molecular formula is C44H28O. The standard InChI is InChI=1S/C44H28O/c1-3-12-29(13-4-1)30-22-24-32(25-23-30)42-35-16-7-9-18-37(35)43(38-19-10-8-17-36(38)42)33-26-27-39-41(28-33)45-40-21-11-20-34(44(39)40)31-14-5-2-6-15-31/h1-28H/i1D,3D,4D,11D,12D,13D,20D,21D,22D,23D,24D,25D,26D,27D,28D. The zero-order valence-corrected chi connectivity index (χ0v) is 23.4. The van der Waals surface area contributed by atoms with Crippen molar-refractivity contribution in [3.8, 4) is 44.5 Å². The quantitative estimate of drug-likeness (QED) is 0.187. The van der Waals surface area contributed by atoms with Crippen LogP contribution in [0.3, 0.4) is 0 Å². The summed E-state index contributed by atoms with van der Waals surface area (Å²) < 4.78 is 139. The van der Waals surface area contributed by atoms with Gasteiger partial charge in [0.15, 0.2) is 0 Å². The van der Waals surface area contributed by atoms with E-state index in [1.54, 1.807) is 78.9 Å². The fourth-order valence-corrected chi connectivity index (χ4v) is 6.00. The molecule has 0 atom stereocenters. The first kappa shape index (κ1) is 14.7. The first-order valence-electron chi connectivity index (χ1n) is 21.7. The zero-order valence-electron chi connectivity index (χ0n) is 38.4. The second kappa shape index (κ2) is 10.4. The molecule has 0 unspecified atom stereocenters. The van der Waals surface area contributed by atoms with Crippen LogP contribution in [0.5, 0.6) is 0 Å². The molecule has 0 bridgehead atoms. The maximum atomic E-state index is 9.65. The maximum absolute atomic E-state index is 9.65.